The first-order valence-corrected chi connectivity index (χ1v) is 8.08. The maximum atomic E-state index is 6.27. The summed E-state index contributed by atoms with van der Waals surface area (Å²) in [7, 11) is 1.77. The van der Waals surface area contributed by atoms with Crippen LogP contribution in [0.25, 0.3) is 0 Å². The van der Waals surface area contributed by atoms with Gasteiger partial charge in [0, 0.05) is 18.7 Å². The Bertz CT molecular complexity index is 357. The van der Waals surface area contributed by atoms with Crippen molar-refractivity contribution in [3.05, 3.63) is 34.9 Å². The van der Waals surface area contributed by atoms with Crippen molar-refractivity contribution in [2.75, 3.05) is 26.8 Å². The number of rotatable bonds is 11. The van der Waals surface area contributed by atoms with Crippen LogP contribution >= 0.6 is 11.6 Å². The molecule has 0 amide bonds. The van der Waals surface area contributed by atoms with E-state index < -0.39 is 0 Å². The second-order valence-corrected chi connectivity index (χ2v) is 5.76. The van der Waals surface area contributed by atoms with Crippen molar-refractivity contribution in [3.8, 4) is 0 Å². The number of hydrogen-bond acceptors (Lipinski definition) is 2. The van der Waals surface area contributed by atoms with Gasteiger partial charge in [-0.15, -0.1) is 0 Å². The number of hydrogen-bond donors (Lipinski definition) is 1. The van der Waals surface area contributed by atoms with Crippen LogP contribution in [0, 0.1) is 5.92 Å². The first-order chi connectivity index (χ1) is 9.77. The minimum absolute atomic E-state index is 0.651. The molecule has 0 spiro atoms. The van der Waals surface area contributed by atoms with Crippen molar-refractivity contribution in [1.82, 2.24) is 5.32 Å². The normalized spacial score (nSPS) is 12.6. The van der Waals surface area contributed by atoms with E-state index in [1.165, 1.54) is 24.8 Å². The van der Waals surface area contributed by atoms with Crippen molar-refractivity contribution < 1.29 is 4.74 Å². The predicted molar refractivity (Wildman–Crippen MR) is 87.5 cm³/mol. The first kappa shape index (κ1) is 17.5. The number of halogens is 1. The molecule has 0 aliphatic carbocycles. The summed E-state index contributed by atoms with van der Waals surface area (Å²) in [5, 5.41) is 4.43. The fourth-order valence-electron chi connectivity index (χ4n) is 2.41. The molecule has 0 saturated heterocycles. The number of ether oxygens (including phenoxy) is 1. The van der Waals surface area contributed by atoms with E-state index in [-0.39, 0.29) is 0 Å². The van der Waals surface area contributed by atoms with Gasteiger partial charge in [0.2, 0.25) is 0 Å². The molecule has 1 aromatic rings. The molecular weight excluding hydrogens is 270 g/mol. The van der Waals surface area contributed by atoms with E-state index in [0.717, 1.165) is 37.6 Å². The van der Waals surface area contributed by atoms with Crippen LogP contribution in [0.5, 0.6) is 0 Å². The van der Waals surface area contributed by atoms with Gasteiger partial charge in [0.05, 0.1) is 0 Å². The Morgan fingerprint density at radius 2 is 2.05 bits per heavy atom. The zero-order chi connectivity index (χ0) is 14.6. The van der Waals surface area contributed by atoms with Crippen LogP contribution in [-0.4, -0.2) is 26.8 Å². The van der Waals surface area contributed by atoms with Gasteiger partial charge in [-0.3, -0.25) is 0 Å². The molecule has 0 aliphatic rings. The standard InChI is InChI=1S/C17H28ClNO/c1-3-11-19-14-15(8-6-7-12-20-2)13-16-9-4-5-10-17(16)18/h4-5,9-10,15,19H,3,6-8,11-14H2,1-2H3. The third-order valence-corrected chi connectivity index (χ3v) is 3.91. The summed E-state index contributed by atoms with van der Waals surface area (Å²) >= 11 is 6.27. The number of methoxy groups -OCH3 is 1. The van der Waals surface area contributed by atoms with Gasteiger partial charge in [0.1, 0.15) is 0 Å². The summed E-state index contributed by atoms with van der Waals surface area (Å²) in [6.45, 7) is 5.24. The highest BCUT2D eigenvalue weighted by atomic mass is 35.5. The Balaban J connectivity index is 2.46. The van der Waals surface area contributed by atoms with Crippen LogP contribution in [-0.2, 0) is 11.2 Å². The maximum absolute atomic E-state index is 6.27. The van der Waals surface area contributed by atoms with Gasteiger partial charge in [-0.25, -0.2) is 0 Å². The molecule has 1 aromatic carbocycles. The van der Waals surface area contributed by atoms with Gasteiger partial charge in [0.25, 0.3) is 0 Å². The van der Waals surface area contributed by atoms with Crippen LogP contribution in [0.4, 0.5) is 0 Å². The Hall–Kier alpha value is -0.570. The van der Waals surface area contributed by atoms with E-state index in [0.29, 0.717) is 5.92 Å². The van der Waals surface area contributed by atoms with E-state index in [2.05, 4.69) is 24.4 Å². The van der Waals surface area contributed by atoms with E-state index in [1.807, 2.05) is 12.1 Å². The molecule has 0 fully saturated rings. The quantitative estimate of drug-likeness (QED) is 0.614. The van der Waals surface area contributed by atoms with E-state index >= 15 is 0 Å². The zero-order valence-corrected chi connectivity index (χ0v) is 13.6. The molecule has 20 heavy (non-hydrogen) atoms. The Kier molecular flexibility index (Phi) is 9.73. The summed E-state index contributed by atoms with van der Waals surface area (Å²) in [6, 6.07) is 8.19. The zero-order valence-electron chi connectivity index (χ0n) is 12.8. The van der Waals surface area contributed by atoms with Crippen molar-refractivity contribution in [1.29, 1.82) is 0 Å². The van der Waals surface area contributed by atoms with Crippen LogP contribution in [0.2, 0.25) is 5.02 Å². The van der Waals surface area contributed by atoms with E-state index in [4.69, 9.17) is 16.3 Å². The molecule has 1 atom stereocenters. The number of benzene rings is 1. The van der Waals surface area contributed by atoms with Gasteiger partial charge in [-0.1, -0.05) is 43.1 Å². The van der Waals surface area contributed by atoms with Crippen LogP contribution in [0.1, 0.15) is 38.2 Å². The minimum Gasteiger partial charge on any atom is -0.385 e. The summed E-state index contributed by atoms with van der Waals surface area (Å²) < 4.78 is 5.12. The van der Waals surface area contributed by atoms with Gasteiger partial charge in [-0.05, 0) is 56.3 Å². The summed E-state index contributed by atoms with van der Waals surface area (Å²) in [5.41, 5.74) is 1.27. The number of unbranched alkanes of at least 4 members (excludes halogenated alkanes) is 1. The van der Waals surface area contributed by atoms with Crippen molar-refractivity contribution in [3.63, 3.8) is 0 Å². The lowest BCUT2D eigenvalue weighted by molar-refractivity contribution is 0.190. The lowest BCUT2D eigenvalue weighted by Gasteiger charge is -2.18. The Labute approximate surface area is 128 Å². The highest BCUT2D eigenvalue weighted by Crippen LogP contribution is 2.21. The third kappa shape index (κ3) is 7.28. The van der Waals surface area contributed by atoms with Crippen molar-refractivity contribution in [2.45, 2.75) is 39.0 Å². The maximum Gasteiger partial charge on any atom is 0.0462 e. The monoisotopic (exact) mass is 297 g/mol. The molecule has 0 bridgehead atoms. The molecule has 2 nitrogen and oxygen atoms in total. The summed E-state index contributed by atoms with van der Waals surface area (Å²) in [6.07, 6.45) is 5.83. The molecule has 114 valence electrons. The van der Waals surface area contributed by atoms with Gasteiger partial charge >= 0.3 is 0 Å². The van der Waals surface area contributed by atoms with E-state index in [1.54, 1.807) is 7.11 Å². The Morgan fingerprint density at radius 3 is 2.75 bits per heavy atom. The molecule has 0 saturated carbocycles. The minimum atomic E-state index is 0.651. The third-order valence-electron chi connectivity index (χ3n) is 3.54. The predicted octanol–water partition coefficient (Wildman–Crippen LogP) is 4.32. The molecular formula is C17H28ClNO. The van der Waals surface area contributed by atoms with Crippen molar-refractivity contribution in [2.24, 2.45) is 5.92 Å². The Morgan fingerprint density at radius 1 is 1.25 bits per heavy atom. The van der Waals surface area contributed by atoms with Gasteiger partial charge < -0.3 is 10.1 Å². The average molecular weight is 298 g/mol. The van der Waals surface area contributed by atoms with Crippen molar-refractivity contribution >= 4 is 11.6 Å². The summed E-state index contributed by atoms with van der Waals surface area (Å²) in [5.74, 6) is 0.651. The molecule has 1 rings (SSSR count). The highest BCUT2D eigenvalue weighted by Gasteiger charge is 2.11. The molecule has 1 N–H and O–H groups in total. The van der Waals surface area contributed by atoms with Gasteiger partial charge in [-0.2, -0.15) is 0 Å². The molecule has 0 aromatic heterocycles. The average Bonchev–Trinajstić information content (AvgIpc) is 2.46. The van der Waals surface area contributed by atoms with Crippen LogP contribution in [0.15, 0.2) is 24.3 Å². The van der Waals surface area contributed by atoms with Crippen LogP contribution < -0.4 is 5.32 Å². The highest BCUT2D eigenvalue weighted by molar-refractivity contribution is 6.31. The summed E-state index contributed by atoms with van der Waals surface area (Å²) in [4.78, 5) is 0. The second-order valence-electron chi connectivity index (χ2n) is 5.35. The second kappa shape index (κ2) is 11.1. The van der Waals surface area contributed by atoms with Gasteiger partial charge in [0.15, 0.2) is 0 Å². The van der Waals surface area contributed by atoms with Crippen LogP contribution in [0.3, 0.4) is 0 Å². The lowest BCUT2D eigenvalue weighted by Crippen LogP contribution is -2.25. The molecule has 3 heteroatoms. The smallest absolute Gasteiger partial charge is 0.0462 e. The fourth-order valence-corrected chi connectivity index (χ4v) is 2.63. The number of nitrogens with one attached hydrogen (secondary N) is 1. The molecule has 0 radical (unpaired) electrons. The SMILES string of the molecule is CCCNCC(CCCCOC)Cc1ccccc1Cl. The lowest BCUT2D eigenvalue weighted by atomic mass is 9.94. The molecule has 0 heterocycles. The largest absolute Gasteiger partial charge is 0.385 e. The fraction of sp³-hybridized carbons (Fsp3) is 0.647. The molecule has 0 aliphatic heterocycles. The topological polar surface area (TPSA) is 21.3 Å². The first-order valence-electron chi connectivity index (χ1n) is 7.71. The van der Waals surface area contributed by atoms with E-state index in [9.17, 15) is 0 Å². The molecule has 1 unspecified atom stereocenters.